The number of ether oxygens (including phenoxy) is 1. The fourth-order valence-corrected chi connectivity index (χ4v) is 6.61. The maximum atomic E-state index is 14.1. The van der Waals surface area contributed by atoms with E-state index >= 15 is 0 Å². The van der Waals surface area contributed by atoms with E-state index in [2.05, 4.69) is 9.98 Å². The predicted molar refractivity (Wildman–Crippen MR) is 146 cm³/mol. The number of fused-ring (bicyclic) bond motifs is 1. The molecule has 2 aromatic carbocycles. The number of allylic oxidation sites excluding steroid dienone is 2. The Kier molecular flexibility index (Phi) is 7.16. The van der Waals surface area contributed by atoms with E-state index in [1.54, 1.807) is 42.5 Å². The molecule has 2 N–H and O–H groups in total. The van der Waals surface area contributed by atoms with Gasteiger partial charge in [-0.15, -0.1) is 0 Å². The molecular weight excluding hydrogens is 519 g/mol. The van der Waals surface area contributed by atoms with Gasteiger partial charge in [0.2, 0.25) is 10.0 Å². The molecule has 3 aromatic rings. The summed E-state index contributed by atoms with van der Waals surface area (Å²) in [6.45, 7) is 0.0864. The second kappa shape index (κ2) is 10.5. The highest BCUT2D eigenvalue weighted by molar-refractivity contribution is 7.89. The topological polar surface area (TPSA) is 115 Å². The van der Waals surface area contributed by atoms with Gasteiger partial charge in [0.05, 0.1) is 28.8 Å². The Balaban J connectivity index is 1.61. The third-order valence-electron chi connectivity index (χ3n) is 7.11. The van der Waals surface area contributed by atoms with Crippen molar-refractivity contribution in [1.29, 1.82) is 0 Å². The fraction of sp³-hybridized carbons (Fsp3) is 0.207. The number of ketones is 1. The molecule has 0 unspecified atom stereocenters. The molecule has 39 heavy (non-hydrogen) atoms. The van der Waals surface area contributed by atoms with E-state index in [0.29, 0.717) is 29.1 Å². The zero-order valence-corrected chi connectivity index (χ0v) is 22.1. The van der Waals surface area contributed by atoms with Gasteiger partial charge in [-0.05, 0) is 79.2 Å². The third kappa shape index (κ3) is 5.00. The van der Waals surface area contributed by atoms with Crippen molar-refractivity contribution in [2.45, 2.75) is 17.7 Å². The molecule has 1 fully saturated rings. The van der Waals surface area contributed by atoms with E-state index in [1.807, 2.05) is 6.08 Å². The normalized spacial score (nSPS) is 21.8. The third-order valence-corrected chi connectivity index (χ3v) is 8.95. The molecule has 1 aliphatic carbocycles. The lowest BCUT2D eigenvalue weighted by molar-refractivity contribution is 0.0770. The van der Waals surface area contributed by atoms with Crippen LogP contribution in [-0.4, -0.2) is 49.4 Å². The summed E-state index contributed by atoms with van der Waals surface area (Å²) in [7, 11) is -2.48. The monoisotopic (exact) mass is 546 g/mol. The quantitative estimate of drug-likeness (QED) is 0.457. The maximum absolute atomic E-state index is 14.1. The van der Waals surface area contributed by atoms with Crippen LogP contribution in [0.3, 0.4) is 0 Å². The van der Waals surface area contributed by atoms with Crippen LogP contribution >= 0.6 is 0 Å². The first-order valence-electron chi connectivity index (χ1n) is 12.3. The molecule has 10 heteroatoms. The van der Waals surface area contributed by atoms with Crippen molar-refractivity contribution in [3.63, 3.8) is 0 Å². The second-order valence-electron chi connectivity index (χ2n) is 9.41. The molecule has 5 rings (SSSR count). The highest BCUT2D eigenvalue weighted by Gasteiger charge is 2.51. The lowest BCUT2D eigenvalue weighted by Gasteiger charge is -2.45. The van der Waals surface area contributed by atoms with Crippen LogP contribution in [0.25, 0.3) is 0 Å². The summed E-state index contributed by atoms with van der Waals surface area (Å²) < 4.78 is 47.5. The van der Waals surface area contributed by atoms with Gasteiger partial charge in [0, 0.05) is 25.4 Å². The van der Waals surface area contributed by atoms with Crippen molar-refractivity contribution in [1.82, 2.24) is 9.29 Å². The molecule has 2 heterocycles. The summed E-state index contributed by atoms with van der Waals surface area (Å²) in [4.78, 5) is 23.1. The number of carbonyl (C=O) groups is 1. The van der Waals surface area contributed by atoms with Gasteiger partial charge in [0.1, 0.15) is 17.3 Å². The van der Waals surface area contributed by atoms with Crippen molar-refractivity contribution in [3.8, 4) is 5.75 Å². The van der Waals surface area contributed by atoms with E-state index in [4.69, 9.17) is 10.5 Å². The first kappa shape index (κ1) is 26.5. The van der Waals surface area contributed by atoms with Gasteiger partial charge in [-0.3, -0.25) is 9.78 Å². The largest absolute Gasteiger partial charge is 0.497 e. The zero-order valence-electron chi connectivity index (χ0n) is 21.2. The number of piperidine rings is 1. The van der Waals surface area contributed by atoms with Gasteiger partial charge >= 0.3 is 0 Å². The van der Waals surface area contributed by atoms with E-state index in [-0.39, 0.29) is 41.7 Å². The van der Waals surface area contributed by atoms with E-state index < -0.39 is 15.4 Å². The van der Waals surface area contributed by atoms with Gasteiger partial charge in [-0.25, -0.2) is 17.8 Å². The summed E-state index contributed by atoms with van der Waals surface area (Å²) in [5.74, 6) is -0.249. The molecule has 0 saturated carbocycles. The number of hydrogen-bond donors (Lipinski definition) is 1. The zero-order chi connectivity index (χ0) is 27.6. The number of pyridine rings is 1. The van der Waals surface area contributed by atoms with Crippen molar-refractivity contribution < 1.29 is 22.3 Å². The van der Waals surface area contributed by atoms with Gasteiger partial charge in [0.15, 0.2) is 5.78 Å². The molecule has 1 atom stereocenters. The summed E-state index contributed by atoms with van der Waals surface area (Å²) in [6, 6.07) is 17.1. The number of carbonyl (C=O) groups excluding carboxylic acids is 1. The summed E-state index contributed by atoms with van der Waals surface area (Å²) in [6.07, 6.45) is 5.17. The highest BCUT2D eigenvalue weighted by Crippen LogP contribution is 2.47. The number of benzene rings is 2. The van der Waals surface area contributed by atoms with Crippen molar-refractivity contribution in [3.05, 3.63) is 108 Å². The van der Waals surface area contributed by atoms with Crippen LogP contribution in [0.15, 0.2) is 106 Å². The van der Waals surface area contributed by atoms with E-state index in [0.717, 1.165) is 5.57 Å². The summed E-state index contributed by atoms with van der Waals surface area (Å²) in [5, 5.41) is 0. The molecular formula is C29H27FN4O4S. The number of rotatable bonds is 6. The van der Waals surface area contributed by atoms with Gasteiger partial charge < -0.3 is 10.5 Å². The number of sulfonamides is 1. The van der Waals surface area contributed by atoms with Gasteiger partial charge in [-0.2, -0.15) is 4.31 Å². The maximum Gasteiger partial charge on any atom is 0.243 e. The molecule has 1 aromatic heterocycles. The van der Waals surface area contributed by atoms with E-state index in [9.17, 15) is 17.6 Å². The van der Waals surface area contributed by atoms with Gasteiger partial charge in [0.25, 0.3) is 0 Å². The average Bonchev–Trinajstić information content (AvgIpc) is 2.97. The van der Waals surface area contributed by atoms with Crippen molar-refractivity contribution >= 4 is 27.2 Å². The minimum atomic E-state index is -3.95. The van der Waals surface area contributed by atoms with Crippen LogP contribution in [-0.2, 0) is 10.0 Å². The molecule has 0 bridgehead atoms. The number of hydrogen-bond acceptors (Lipinski definition) is 7. The first-order chi connectivity index (χ1) is 18.8. The lowest BCUT2D eigenvalue weighted by atomic mass is 9.64. The second-order valence-corrected chi connectivity index (χ2v) is 11.3. The Morgan fingerprint density at radius 2 is 1.95 bits per heavy atom. The minimum absolute atomic E-state index is 0.0821. The summed E-state index contributed by atoms with van der Waals surface area (Å²) in [5.41, 5.74) is 7.44. The molecule has 1 aliphatic heterocycles. The SMILES string of the molecule is COc1cccc(S(=O)(=O)N2CCC3=CC(=Nc4ccc(F)cc4)/C(=C\N)C[C@]3(C(=O)c3ccccn3)C2)c1. The Bertz CT molecular complexity index is 1600. The number of nitrogens with two attached hydrogens (primary N) is 1. The van der Waals surface area contributed by atoms with Crippen LogP contribution in [0.5, 0.6) is 5.75 Å². The standard InChI is InChI=1S/C29H27FN4O4S/c1-38-24-5-4-6-25(16-24)39(36,37)34-14-12-21-15-27(33-23-10-8-22(30)9-11-23)20(18-31)17-29(21,19-34)28(35)26-7-2-3-13-32-26/h2-11,13,15-16,18H,12,14,17,19,31H2,1H3/b20-18-,33-27?/t29-/m0/s1. The Morgan fingerprint density at radius 3 is 2.64 bits per heavy atom. The molecule has 0 spiro atoms. The molecule has 1 saturated heterocycles. The number of aliphatic imine (C=N–C) groups is 1. The molecule has 0 radical (unpaired) electrons. The number of Topliss-reactive ketones (excluding diaryl/α,β-unsaturated/α-hetero) is 1. The average molecular weight is 547 g/mol. The molecule has 200 valence electrons. The van der Waals surface area contributed by atoms with Crippen LogP contribution in [0.1, 0.15) is 23.3 Å². The van der Waals surface area contributed by atoms with Crippen molar-refractivity contribution in [2.75, 3.05) is 20.2 Å². The van der Waals surface area contributed by atoms with Gasteiger partial charge in [-0.1, -0.05) is 17.7 Å². The van der Waals surface area contributed by atoms with Crippen LogP contribution in [0.2, 0.25) is 0 Å². The van der Waals surface area contributed by atoms with Crippen LogP contribution < -0.4 is 10.5 Å². The number of nitrogens with zero attached hydrogens (tertiary/aromatic N) is 3. The molecule has 8 nitrogen and oxygen atoms in total. The number of halogens is 1. The highest BCUT2D eigenvalue weighted by atomic mass is 32.2. The fourth-order valence-electron chi connectivity index (χ4n) is 5.08. The Labute approximate surface area is 226 Å². The van der Waals surface area contributed by atoms with Crippen LogP contribution in [0.4, 0.5) is 10.1 Å². The number of methoxy groups -OCH3 is 1. The van der Waals surface area contributed by atoms with Crippen LogP contribution in [0, 0.1) is 11.2 Å². The predicted octanol–water partition coefficient (Wildman–Crippen LogP) is 4.44. The minimum Gasteiger partial charge on any atom is -0.497 e. The Hall–Kier alpha value is -4.15. The molecule has 0 amide bonds. The summed E-state index contributed by atoms with van der Waals surface area (Å²) >= 11 is 0. The Morgan fingerprint density at radius 1 is 1.15 bits per heavy atom. The lowest BCUT2D eigenvalue weighted by Crippen LogP contribution is -2.53. The number of aromatic nitrogens is 1. The molecule has 2 aliphatic rings. The smallest absolute Gasteiger partial charge is 0.243 e. The first-order valence-corrected chi connectivity index (χ1v) is 13.8. The van der Waals surface area contributed by atoms with Crippen molar-refractivity contribution in [2.24, 2.45) is 16.1 Å². The van der Waals surface area contributed by atoms with E-state index in [1.165, 1.54) is 48.1 Å².